The lowest BCUT2D eigenvalue weighted by atomic mass is 10.3. The maximum Gasteiger partial charge on any atom is 0.250 e. The molecule has 2 heterocycles. The second-order valence-electron chi connectivity index (χ2n) is 4.66. The number of morpholine rings is 1. The van der Waals surface area contributed by atoms with Crippen molar-refractivity contribution in [3.05, 3.63) is 15.4 Å². The Morgan fingerprint density at radius 3 is 2.71 bits per heavy atom. The number of hydrogen-bond donors (Lipinski definition) is 1. The van der Waals surface area contributed by atoms with Gasteiger partial charge >= 0.3 is 0 Å². The van der Waals surface area contributed by atoms with Crippen LogP contribution in [0, 0.1) is 6.92 Å². The second kappa shape index (κ2) is 7.19. The summed E-state index contributed by atoms with van der Waals surface area (Å²) in [4.78, 5) is 13.6. The number of halogens is 1. The van der Waals surface area contributed by atoms with Gasteiger partial charge in [-0.3, -0.25) is 4.79 Å². The Balaban J connectivity index is 1.85. The van der Waals surface area contributed by atoms with E-state index >= 15 is 0 Å². The van der Waals surface area contributed by atoms with Gasteiger partial charge in [0.1, 0.15) is 4.21 Å². The molecule has 1 saturated heterocycles. The SMILES string of the molecule is Cc1cc(S(=O)(=O)NCCC(=O)N2CCOCC2)sc1Br. The van der Waals surface area contributed by atoms with Crippen molar-refractivity contribution in [2.24, 2.45) is 0 Å². The molecule has 0 spiro atoms. The molecule has 0 atom stereocenters. The Hall–Kier alpha value is -0.480. The Morgan fingerprint density at radius 1 is 1.48 bits per heavy atom. The Morgan fingerprint density at radius 2 is 2.14 bits per heavy atom. The third-order valence-corrected chi connectivity index (χ3v) is 7.17. The van der Waals surface area contributed by atoms with Crippen molar-refractivity contribution in [2.75, 3.05) is 32.8 Å². The fourth-order valence-corrected chi connectivity index (χ4v) is 5.20. The van der Waals surface area contributed by atoms with Gasteiger partial charge < -0.3 is 9.64 Å². The number of rotatable bonds is 5. The van der Waals surface area contributed by atoms with Gasteiger partial charge in [0.25, 0.3) is 0 Å². The molecule has 0 saturated carbocycles. The summed E-state index contributed by atoms with van der Waals surface area (Å²) in [6.45, 7) is 4.17. The van der Waals surface area contributed by atoms with Crippen LogP contribution in [0.1, 0.15) is 12.0 Å². The molecule has 6 nitrogen and oxygen atoms in total. The molecule has 1 N–H and O–H groups in total. The van der Waals surface area contributed by atoms with Gasteiger partial charge in [0.2, 0.25) is 15.9 Å². The van der Waals surface area contributed by atoms with Gasteiger partial charge in [-0.15, -0.1) is 11.3 Å². The predicted molar refractivity (Wildman–Crippen MR) is 84.0 cm³/mol. The molecule has 1 fully saturated rings. The summed E-state index contributed by atoms with van der Waals surface area (Å²) >= 11 is 4.47. The number of amides is 1. The zero-order valence-corrected chi connectivity index (χ0v) is 14.8. The number of hydrogen-bond acceptors (Lipinski definition) is 5. The van der Waals surface area contributed by atoms with E-state index in [1.807, 2.05) is 6.92 Å². The first kappa shape index (κ1) is 16.9. The molecule has 1 aliphatic rings. The van der Waals surface area contributed by atoms with Crippen LogP contribution in [0.4, 0.5) is 0 Å². The Kier molecular flexibility index (Phi) is 5.78. The summed E-state index contributed by atoms with van der Waals surface area (Å²) in [5.41, 5.74) is 0.879. The lowest BCUT2D eigenvalue weighted by molar-refractivity contribution is -0.135. The minimum atomic E-state index is -3.55. The van der Waals surface area contributed by atoms with Crippen LogP contribution in [0.15, 0.2) is 14.1 Å². The Labute approximate surface area is 136 Å². The van der Waals surface area contributed by atoms with E-state index in [0.29, 0.717) is 26.3 Å². The van der Waals surface area contributed by atoms with Crippen molar-refractivity contribution in [3.63, 3.8) is 0 Å². The van der Waals surface area contributed by atoms with Crippen LogP contribution in [0.3, 0.4) is 0 Å². The van der Waals surface area contributed by atoms with Gasteiger partial charge in [0, 0.05) is 26.1 Å². The quantitative estimate of drug-likeness (QED) is 0.814. The second-order valence-corrected chi connectivity index (χ2v) is 9.03. The molecule has 0 radical (unpaired) electrons. The lowest BCUT2D eigenvalue weighted by Crippen LogP contribution is -2.41. The lowest BCUT2D eigenvalue weighted by Gasteiger charge is -2.26. The van der Waals surface area contributed by atoms with E-state index in [1.165, 1.54) is 0 Å². The first-order valence-electron chi connectivity index (χ1n) is 6.51. The number of aryl methyl sites for hydroxylation is 1. The molecule has 1 aromatic rings. The van der Waals surface area contributed by atoms with Crippen molar-refractivity contribution in [1.29, 1.82) is 0 Å². The summed E-state index contributed by atoms with van der Waals surface area (Å²) < 4.78 is 32.9. The normalized spacial score (nSPS) is 16.2. The molecule has 1 aliphatic heterocycles. The Bertz CT molecular complexity index is 589. The molecule has 0 unspecified atom stereocenters. The summed E-state index contributed by atoms with van der Waals surface area (Å²) in [5.74, 6) is -0.0514. The average Bonchev–Trinajstić information content (AvgIpc) is 2.80. The van der Waals surface area contributed by atoms with E-state index in [2.05, 4.69) is 20.7 Å². The number of sulfonamides is 1. The number of carbonyl (C=O) groups excluding carboxylic acids is 1. The summed E-state index contributed by atoms with van der Waals surface area (Å²) in [5, 5.41) is 0. The zero-order valence-electron chi connectivity index (χ0n) is 11.6. The highest BCUT2D eigenvalue weighted by molar-refractivity contribution is 9.11. The van der Waals surface area contributed by atoms with Gasteiger partial charge in [0.05, 0.1) is 17.0 Å². The van der Waals surface area contributed by atoms with E-state index in [1.54, 1.807) is 11.0 Å². The first-order valence-corrected chi connectivity index (χ1v) is 9.60. The van der Waals surface area contributed by atoms with Crippen LogP contribution in [0.5, 0.6) is 0 Å². The molecule has 2 rings (SSSR count). The third-order valence-electron chi connectivity index (χ3n) is 3.09. The van der Waals surface area contributed by atoms with Crippen LogP contribution in [-0.4, -0.2) is 52.1 Å². The van der Waals surface area contributed by atoms with E-state index in [-0.39, 0.29) is 23.1 Å². The van der Waals surface area contributed by atoms with E-state index in [9.17, 15) is 13.2 Å². The largest absolute Gasteiger partial charge is 0.378 e. The van der Waals surface area contributed by atoms with Crippen molar-refractivity contribution >= 4 is 43.2 Å². The minimum Gasteiger partial charge on any atom is -0.378 e. The van der Waals surface area contributed by atoms with Crippen LogP contribution in [0.25, 0.3) is 0 Å². The number of thiophene rings is 1. The van der Waals surface area contributed by atoms with Gasteiger partial charge in [-0.05, 0) is 34.5 Å². The molecule has 21 heavy (non-hydrogen) atoms. The molecule has 9 heteroatoms. The molecule has 0 aliphatic carbocycles. The van der Waals surface area contributed by atoms with Gasteiger partial charge in [-0.1, -0.05) is 0 Å². The van der Waals surface area contributed by atoms with Crippen molar-refractivity contribution in [1.82, 2.24) is 9.62 Å². The van der Waals surface area contributed by atoms with Gasteiger partial charge in [-0.25, -0.2) is 13.1 Å². The highest BCUT2D eigenvalue weighted by atomic mass is 79.9. The van der Waals surface area contributed by atoms with Crippen molar-refractivity contribution < 1.29 is 17.9 Å². The van der Waals surface area contributed by atoms with E-state index in [4.69, 9.17) is 4.74 Å². The summed E-state index contributed by atoms with van der Waals surface area (Å²) in [6, 6.07) is 1.61. The van der Waals surface area contributed by atoms with Crippen molar-refractivity contribution in [3.8, 4) is 0 Å². The molecule has 1 aromatic heterocycles. The number of nitrogens with one attached hydrogen (secondary N) is 1. The highest BCUT2D eigenvalue weighted by Crippen LogP contribution is 2.30. The maximum atomic E-state index is 12.1. The maximum absolute atomic E-state index is 12.1. The molecule has 1 amide bonds. The number of nitrogens with zero attached hydrogens (tertiary/aromatic N) is 1. The summed E-state index contributed by atoms with van der Waals surface area (Å²) in [7, 11) is -3.55. The van der Waals surface area contributed by atoms with E-state index in [0.717, 1.165) is 20.7 Å². The van der Waals surface area contributed by atoms with Crippen molar-refractivity contribution in [2.45, 2.75) is 17.6 Å². The standard InChI is InChI=1S/C12H17BrN2O4S2/c1-9-8-11(20-12(9)13)21(17,18)14-3-2-10(16)15-4-6-19-7-5-15/h8,14H,2-7H2,1H3. The molecule has 118 valence electrons. The fraction of sp³-hybridized carbons (Fsp3) is 0.583. The molecular weight excluding hydrogens is 380 g/mol. The van der Waals surface area contributed by atoms with Crippen LogP contribution < -0.4 is 4.72 Å². The smallest absolute Gasteiger partial charge is 0.250 e. The van der Waals surface area contributed by atoms with Crippen LogP contribution in [-0.2, 0) is 19.6 Å². The predicted octanol–water partition coefficient (Wildman–Crippen LogP) is 1.35. The molecule has 0 aromatic carbocycles. The first-order chi connectivity index (χ1) is 9.90. The highest BCUT2D eigenvalue weighted by Gasteiger charge is 2.20. The minimum absolute atomic E-state index is 0.0514. The van der Waals surface area contributed by atoms with Gasteiger partial charge in [0.15, 0.2) is 0 Å². The van der Waals surface area contributed by atoms with Crippen LogP contribution >= 0.6 is 27.3 Å². The monoisotopic (exact) mass is 396 g/mol. The average molecular weight is 397 g/mol. The molecule has 0 bridgehead atoms. The van der Waals surface area contributed by atoms with Crippen LogP contribution in [0.2, 0.25) is 0 Å². The number of carbonyl (C=O) groups is 1. The number of ether oxygens (including phenoxy) is 1. The topological polar surface area (TPSA) is 75.7 Å². The van der Waals surface area contributed by atoms with Gasteiger partial charge in [-0.2, -0.15) is 0 Å². The van der Waals surface area contributed by atoms with E-state index < -0.39 is 10.0 Å². The fourth-order valence-electron chi connectivity index (χ4n) is 1.90. The summed E-state index contributed by atoms with van der Waals surface area (Å²) in [6.07, 6.45) is 0.157. The molecular formula is C12H17BrN2O4S2. The zero-order chi connectivity index (χ0) is 15.5. The third kappa shape index (κ3) is 4.49.